The molecule has 0 saturated heterocycles. The number of ether oxygens (including phenoxy) is 1. The summed E-state index contributed by atoms with van der Waals surface area (Å²) < 4.78 is 12.4. The molecule has 2 N–H and O–H groups in total. The second-order valence-corrected chi connectivity index (χ2v) is 7.32. The van der Waals surface area contributed by atoms with Gasteiger partial charge in [0, 0.05) is 37.2 Å². The quantitative estimate of drug-likeness (QED) is 0.449. The van der Waals surface area contributed by atoms with E-state index in [2.05, 4.69) is 35.8 Å². The highest BCUT2D eigenvalue weighted by atomic mass is 35.5. The van der Waals surface area contributed by atoms with Gasteiger partial charge in [0.15, 0.2) is 11.8 Å². The molecule has 10 nitrogen and oxygen atoms in total. The van der Waals surface area contributed by atoms with Crippen LogP contribution in [0.25, 0.3) is 11.4 Å². The fourth-order valence-corrected chi connectivity index (χ4v) is 3.38. The summed E-state index contributed by atoms with van der Waals surface area (Å²) in [5.41, 5.74) is 0.843. The molecule has 11 heteroatoms. The Labute approximate surface area is 178 Å². The number of guanidine groups is 1. The molecule has 4 rings (SSSR count). The van der Waals surface area contributed by atoms with Crippen molar-refractivity contribution in [3.8, 4) is 11.4 Å². The first-order valence-electron chi connectivity index (χ1n) is 9.62. The molecule has 1 aliphatic rings. The number of aliphatic imine (C=N–C) groups is 1. The van der Waals surface area contributed by atoms with Gasteiger partial charge >= 0.3 is 0 Å². The van der Waals surface area contributed by atoms with Crippen LogP contribution in [0.2, 0.25) is 5.02 Å². The van der Waals surface area contributed by atoms with Crippen LogP contribution in [0.4, 0.5) is 0 Å². The van der Waals surface area contributed by atoms with Crippen LogP contribution in [0.15, 0.2) is 33.8 Å². The maximum Gasteiger partial charge on any atom is 0.246 e. The molecule has 30 heavy (non-hydrogen) atoms. The van der Waals surface area contributed by atoms with Gasteiger partial charge in [-0.05, 0) is 30.7 Å². The molecule has 3 aromatic rings. The molecule has 0 spiro atoms. The molecule has 0 bridgehead atoms. The Morgan fingerprint density at radius 3 is 2.93 bits per heavy atom. The number of aromatic nitrogens is 5. The van der Waals surface area contributed by atoms with Crippen LogP contribution in [0.1, 0.15) is 24.0 Å². The molecule has 1 unspecified atom stereocenters. The maximum atomic E-state index is 5.92. The number of rotatable bonds is 6. The van der Waals surface area contributed by atoms with Crippen molar-refractivity contribution >= 4 is 17.6 Å². The van der Waals surface area contributed by atoms with Gasteiger partial charge in [-0.25, -0.2) is 9.67 Å². The highest BCUT2D eigenvalue weighted by Gasteiger charge is 2.22. The number of halogens is 1. The smallest absolute Gasteiger partial charge is 0.246 e. The lowest BCUT2D eigenvalue weighted by Gasteiger charge is -2.25. The summed E-state index contributed by atoms with van der Waals surface area (Å²) >= 11 is 5.92. The Morgan fingerprint density at radius 1 is 1.33 bits per heavy atom. The topological polar surface area (TPSA) is 115 Å². The molecule has 1 aromatic carbocycles. The molecule has 1 aliphatic heterocycles. The summed E-state index contributed by atoms with van der Waals surface area (Å²) in [5.74, 6) is 3.35. The normalized spacial score (nSPS) is 16.4. The second kappa shape index (κ2) is 9.23. The van der Waals surface area contributed by atoms with Gasteiger partial charge in [-0.1, -0.05) is 16.8 Å². The highest BCUT2D eigenvalue weighted by Crippen LogP contribution is 2.18. The predicted molar refractivity (Wildman–Crippen MR) is 111 cm³/mol. The number of benzene rings is 1. The van der Waals surface area contributed by atoms with Gasteiger partial charge < -0.3 is 19.9 Å². The Kier molecular flexibility index (Phi) is 6.24. The highest BCUT2D eigenvalue weighted by molar-refractivity contribution is 6.30. The average molecular weight is 431 g/mol. The van der Waals surface area contributed by atoms with Crippen molar-refractivity contribution in [2.75, 3.05) is 14.2 Å². The lowest BCUT2D eigenvalue weighted by atomic mass is 10.1. The van der Waals surface area contributed by atoms with Gasteiger partial charge in [-0.2, -0.15) is 10.1 Å². The van der Waals surface area contributed by atoms with Crippen LogP contribution < -0.4 is 10.6 Å². The molecular formula is C19H23ClN8O2. The van der Waals surface area contributed by atoms with Crippen molar-refractivity contribution in [1.82, 2.24) is 35.5 Å². The number of fused-ring (bicyclic) bond motifs is 1. The Morgan fingerprint density at radius 2 is 2.17 bits per heavy atom. The summed E-state index contributed by atoms with van der Waals surface area (Å²) in [6.07, 6.45) is 1.78. The number of nitrogens with zero attached hydrogens (tertiary/aromatic N) is 6. The van der Waals surface area contributed by atoms with E-state index in [1.807, 2.05) is 16.8 Å². The van der Waals surface area contributed by atoms with Crippen LogP contribution in [0.5, 0.6) is 0 Å². The van der Waals surface area contributed by atoms with Gasteiger partial charge in [0.2, 0.25) is 11.7 Å². The fraction of sp³-hybridized carbons (Fsp3) is 0.421. The lowest BCUT2D eigenvalue weighted by molar-refractivity contribution is 0.177. The first-order chi connectivity index (χ1) is 14.6. The molecule has 0 aliphatic carbocycles. The third kappa shape index (κ3) is 4.77. The van der Waals surface area contributed by atoms with Gasteiger partial charge in [0.1, 0.15) is 12.4 Å². The Balaban J connectivity index is 1.32. The van der Waals surface area contributed by atoms with Crippen molar-refractivity contribution in [1.29, 1.82) is 0 Å². The molecule has 1 atom stereocenters. The van der Waals surface area contributed by atoms with E-state index in [4.69, 9.17) is 20.9 Å². The van der Waals surface area contributed by atoms with Crippen molar-refractivity contribution in [3.05, 3.63) is 46.8 Å². The SMILES string of the molecule is CN=C(NCc1nc(-c2ccc(Cl)cc2)no1)NC1CCc2nc(COC)nn2C1. The minimum Gasteiger partial charge on any atom is -0.377 e. The molecule has 0 amide bonds. The Bertz CT molecular complexity index is 1010. The number of methoxy groups -OCH3 is 1. The van der Waals surface area contributed by atoms with E-state index < -0.39 is 0 Å². The molecule has 3 heterocycles. The lowest BCUT2D eigenvalue weighted by Crippen LogP contribution is -2.46. The van der Waals surface area contributed by atoms with Gasteiger partial charge in [-0.3, -0.25) is 4.99 Å². The van der Waals surface area contributed by atoms with Crippen molar-refractivity contribution in [3.63, 3.8) is 0 Å². The van der Waals surface area contributed by atoms with E-state index in [1.54, 1.807) is 26.3 Å². The van der Waals surface area contributed by atoms with Crippen molar-refractivity contribution < 1.29 is 9.26 Å². The monoisotopic (exact) mass is 430 g/mol. The van der Waals surface area contributed by atoms with Crippen molar-refractivity contribution in [2.45, 2.75) is 38.6 Å². The van der Waals surface area contributed by atoms with Crippen LogP contribution in [-0.4, -0.2) is 51.1 Å². The van der Waals surface area contributed by atoms with Crippen molar-refractivity contribution in [2.24, 2.45) is 4.99 Å². The number of nitrogens with one attached hydrogen (secondary N) is 2. The van der Waals surface area contributed by atoms with E-state index >= 15 is 0 Å². The minimum atomic E-state index is 0.188. The van der Waals surface area contributed by atoms with E-state index in [0.717, 1.165) is 24.2 Å². The Hall–Kier alpha value is -2.98. The maximum absolute atomic E-state index is 5.92. The zero-order chi connectivity index (χ0) is 20.9. The number of aryl methyl sites for hydroxylation is 1. The summed E-state index contributed by atoms with van der Waals surface area (Å²) in [4.78, 5) is 13.2. The summed E-state index contributed by atoms with van der Waals surface area (Å²) in [5, 5.41) is 15.8. The molecule has 0 fully saturated rings. The van der Waals surface area contributed by atoms with Crippen LogP contribution >= 0.6 is 11.6 Å². The molecule has 158 valence electrons. The van der Waals surface area contributed by atoms with Crippen LogP contribution in [0.3, 0.4) is 0 Å². The van der Waals surface area contributed by atoms with Gasteiger partial charge in [0.05, 0.1) is 13.1 Å². The largest absolute Gasteiger partial charge is 0.377 e. The zero-order valence-electron chi connectivity index (χ0n) is 16.8. The third-order valence-electron chi connectivity index (χ3n) is 4.72. The fourth-order valence-electron chi connectivity index (χ4n) is 3.26. The molecule has 0 saturated carbocycles. The van der Waals surface area contributed by atoms with Crippen LogP contribution in [-0.2, 0) is 30.9 Å². The average Bonchev–Trinajstić information content (AvgIpc) is 3.38. The first kappa shape index (κ1) is 20.3. The van der Waals surface area contributed by atoms with Gasteiger partial charge in [-0.15, -0.1) is 0 Å². The van der Waals surface area contributed by atoms with E-state index in [-0.39, 0.29) is 6.04 Å². The summed E-state index contributed by atoms with van der Waals surface area (Å²) in [6.45, 7) is 1.50. The van der Waals surface area contributed by atoms with Crippen LogP contribution in [0, 0.1) is 0 Å². The van der Waals surface area contributed by atoms with E-state index in [0.29, 0.717) is 48.2 Å². The van der Waals surface area contributed by atoms with E-state index in [1.165, 1.54) is 0 Å². The summed E-state index contributed by atoms with van der Waals surface area (Å²) in [7, 11) is 3.37. The predicted octanol–water partition coefficient (Wildman–Crippen LogP) is 1.81. The van der Waals surface area contributed by atoms with E-state index in [9.17, 15) is 0 Å². The summed E-state index contributed by atoms with van der Waals surface area (Å²) in [6, 6.07) is 7.47. The number of hydrogen-bond donors (Lipinski definition) is 2. The number of hydrogen-bond acceptors (Lipinski definition) is 7. The second-order valence-electron chi connectivity index (χ2n) is 6.88. The zero-order valence-corrected chi connectivity index (χ0v) is 17.6. The third-order valence-corrected chi connectivity index (χ3v) is 4.97. The van der Waals surface area contributed by atoms with Gasteiger partial charge in [0.25, 0.3) is 0 Å². The minimum absolute atomic E-state index is 0.188. The standard InChI is InChI=1S/C19H23ClN8O2/c1-21-19(23-14-7-8-16-24-15(11-29-2)26-28(16)10-14)22-9-17-25-18(27-30-17)12-3-5-13(20)6-4-12/h3-6,14H,7-11H2,1-2H3,(H2,21,22,23). The molecule has 0 radical (unpaired) electrons. The first-order valence-corrected chi connectivity index (χ1v) is 9.99. The molecule has 2 aromatic heterocycles. The molecular weight excluding hydrogens is 408 g/mol.